The Labute approximate surface area is 234 Å². The molecule has 4 heterocycles. The molecule has 4 aromatic rings. The normalized spacial score (nSPS) is 25.2. The maximum Gasteiger partial charge on any atom is 0.194 e. The number of hydrogen-bond donors (Lipinski definition) is 3. The zero-order chi connectivity index (χ0) is 27.9. The maximum absolute atomic E-state index is 14.0. The van der Waals surface area contributed by atoms with Gasteiger partial charge in [0, 0.05) is 47.4 Å². The molecule has 0 amide bonds. The maximum atomic E-state index is 14.0. The number of thiol groups is 1. The van der Waals surface area contributed by atoms with E-state index in [4.69, 9.17) is 9.47 Å². The van der Waals surface area contributed by atoms with Gasteiger partial charge in [-0.25, -0.2) is 22.8 Å². The molecular formula is C24H22BrF3N6O4S. The van der Waals surface area contributed by atoms with Gasteiger partial charge in [0.1, 0.15) is 47.4 Å². The second-order valence-electron chi connectivity index (χ2n) is 8.90. The minimum Gasteiger partial charge on any atom is -0.394 e. The van der Waals surface area contributed by atoms with Crippen LogP contribution in [0.2, 0.25) is 0 Å². The summed E-state index contributed by atoms with van der Waals surface area (Å²) >= 11 is 7.99. The Hall–Kier alpha value is -2.82. The van der Waals surface area contributed by atoms with Crippen LogP contribution in [0, 0.1) is 17.5 Å². The van der Waals surface area contributed by atoms with E-state index in [0.29, 0.717) is 15.9 Å². The predicted octanol–water partition coefficient (Wildman–Crippen LogP) is 2.59. The van der Waals surface area contributed by atoms with Crippen molar-refractivity contribution in [2.24, 2.45) is 7.05 Å². The lowest BCUT2D eigenvalue weighted by atomic mass is 9.76. The smallest absolute Gasteiger partial charge is 0.194 e. The minimum absolute atomic E-state index is 0.0204. The van der Waals surface area contributed by atoms with Gasteiger partial charge in [0.05, 0.1) is 12.8 Å². The molecule has 39 heavy (non-hydrogen) atoms. The van der Waals surface area contributed by atoms with Gasteiger partial charge >= 0.3 is 0 Å². The van der Waals surface area contributed by atoms with E-state index in [1.807, 2.05) is 0 Å². The van der Waals surface area contributed by atoms with Crippen molar-refractivity contribution >= 4 is 28.6 Å². The van der Waals surface area contributed by atoms with E-state index in [2.05, 4.69) is 48.8 Å². The molecule has 0 bridgehead atoms. The number of ether oxygens (including phenoxy) is 2. The van der Waals surface area contributed by atoms with Crippen molar-refractivity contribution in [3.8, 4) is 11.3 Å². The van der Waals surface area contributed by atoms with E-state index < -0.39 is 53.3 Å². The molecule has 15 heteroatoms. The van der Waals surface area contributed by atoms with Gasteiger partial charge in [-0.1, -0.05) is 5.21 Å². The summed E-state index contributed by atoms with van der Waals surface area (Å²) in [6.07, 6.45) is 3.92. The van der Waals surface area contributed by atoms with Gasteiger partial charge in [0.15, 0.2) is 17.5 Å². The monoisotopic (exact) mass is 626 g/mol. The molecule has 0 saturated carbocycles. The average Bonchev–Trinajstić information content (AvgIpc) is 3.56. The Morgan fingerprint density at radius 1 is 1.21 bits per heavy atom. The fraction of sp³-hybridized carbons (Fsp3) is 0.333. The number of aliphatic hydroxyl groups is 2. The van der Waals surface area contributed by atoms with Gasteiger partial charge < -0.3 is 24.3 Å². The molecule has 1 aromatic carbocycles. The summed E-state index contributed by atoms with van der Waals surface area (Å²) in [5, 5.41) is 30.1. The van der Waals surface area contributed by atoms with E-state index in [0.717, 1.165) is 12.1 Å². The molecule has 206 valence electrons. The number of benzene rings is 1. The van der Waals surface area contributed by atoms with Crippen LogP contribution in [0.3, 0.4) is 0 Å². The number of hydrogen-bond acceptors (Lipinski definition) is 9. The lowest BCUT2D eigenvalue weighted by Gasteiger charge is -2.51. The molecule has 2 N–H and O–H groups in total. The first-order chi connectivity index (χ1) is 18.7. The van der Waals surface area contributed by atoms with E-state index in [-0.39, 0.29) is 17.9 Å². The molecule has 1 aliphatic rings. The fourth-order valence-electron chi connectivity index (χ4n) is 4.69. The van der Waals surface area contributed by atoms with Gasteiger partial charge in [0.25, 0.3) is 0 Å². The second kappa shape index (κ2) is 11.0. The summed E-state index contributed by atoms with van der Waals surface area (Å²) < 4.78 is 57.3. The van der Waals surface area contributed by atoms with Crippen LogP contribution in [0.1, 0.15) is 11.4 Å². The molecule has 0 radical (unpaired) electrons. The van der Waals surface area contributed by atoms with Gasteiger partial charge in [0.2, 0.25) is 0 Å². The van der Waals surface area contributed by atoms with Crippen molar-refractivity contribution in [2.75, 3.05) is 6.61 Å². The largest absolute Gasteiger partial charge is 0.394 e. The molecule has 5 atom stereocenters. The second-order valence-corrected chi connectivity index (χ2v) is 10.3. The summed E-state index contributed by atoms with van der Waals surface area (Å²) in [6, 6.07) is 3.24. The summed E-state index contributed by atoms with van der Waals surface area (Å²) in [7, 11) is 1.79. The van der Waals surface area contributed by atoms with E-state index >= 15 is 0 Å². The SMILES string of the molecule is Cn1ccnc1CO[C@@H]1[C@H](S)O[C@@H](CO)[C@@H](O)[C@@]1(c1cncc(Br)c1)n1cc(-c2cc(F)c(F)c(F)c2)nn1. The van der Waals surface area contributed by atoms with Crippen LogP contribution in [-0.4, -0.2) is 70.1 Å². The highest BCUT2D eigenvalue weighted by molar-refractivity contribution is 9.10. The molecule has 0 aliphatic carbocycles. The topological polar surface area (TPSA) is 120 Å². The number of halogens is 4. The first-order valence-corrected chi connectivity index (χ1v) is 12.9. The van der Waals surface area contributed by atoms with E-state index in [1.54, 1.807) is 30.1 Å². The molecule has 10 nitrogen and oxygen atoms in total. The number of aromatic nitrogens is 6. The minimum atomic E-state index is -1.68. The van der Waals surface area contributed by atoms with Gasteiger partial charge in [-0.15, -0.1) is 17.7 Å². The van der Waals surface area contributed by atoms with Crippen molar-refractivity contribution in [3.05, 3.63) is 82.5 Å². The number of aliphatic hydroxyl groups excluding tert-OH is 2. The van der Waals surface area contributed by atoms with Gasteiger partial charge in [-0.3, -0.25) is 4.98 Å². The first-order valence-electron chi connectivity index (χ1n) is 11.6. The molecule has 5 rings (SSSR count). The summed E-state index contributed by atoms with van der Waals surface area (Å²) in [5.41, 5.74) is -2.43. The molecule has 0 spiro atoms. The zero-order valence-corrected chi connectivity index (χ0v) is 22.7. The number of rotatable bonds is 7. The zero-order valence-electron chi connectivity index (χ0n) is 20.2. The average molecular weight is 627 g/mol. The quantitative estimate of drug-likeness (QED) is 0.212. The molecule has 3 aromatic heterocycles. The van der Waals surface area contributed by atoms with Crippen LogP contribution in [0.4, 0.5) is 13.2 Å². The van der Waals surface area contributed by atoms with E-state index in [1.165, 1.54) is 23.3 Å². The van der Waals surface area contributed by atoms with Crippen molar-refractivity contribution in [2.45, 2.75) is 35.9 Å². The Bertz CT molecular complexity index is 1470. The van der Waals surface area contributed by atoms with Crippen molar-refractivity contribution in [1.82, 2.24) is 29.5 Å². The fourth-order valence-corrected chi connectivity index (χ4v) is 5.52. The van der Waals surface area contributed by atoms with Gasteiger partial charge in [-0.2, -0.15) is 0 Å². The number of aryl methyl sites for hydroxylation is 1. The van der Waals surface area contributed by atoms with Crippen LogP contribution in [0.5, 0.6) is 0 Å². The Balaban J connectivity index is 1.70. The third-order valence-electron chi connectivity index (χ3n) is 6.62. The Morgan fingerprint density at radius 3 is 2.59 bits per heavy atom. The number of pyridine rings is 1. The third-order valence-corrected chi connectivity index (χ3v) is 7.45. The lowest BCUT2D eigenvalue weighted by Crippen LogP contribution is -2.68. The molecule has 0 unspecified atom stereocenters. The molecular weight excluding hydrogens is 605 g/mol. The summed E-state index contributed by atoms with van der Waals surface area (Å²) in [4.78, 5) is 8.50. The predicted molar refractivity (Wildman–Crippen MR) is 137 cm³/mol. The summed E-state index contributed by atoms with van der Waals surface area (Å²) in [6.45, 7) is -0.604. The highest BCUT2D eigenvalue weighted by atomic mass is 79.9. The highest BCUT2D eigenvalue weighted by Crippen LogP contribution is 2.45. The molecule has 1 fully saturated rings. The van der Waals surface area contributed by atoms with E-state index in [9.17, 15) is 23.4 Å². The standard InChI is InChI=1S/C24H22BrF3N6O4S/c1-33-3-2-30-19(33)11-37-22-23(39)38-18(10-35)21(36)24(22,13-6-14(25)8-29-7-13)34-9-17(31-32-34)12-4-15(26)20(28)16(27)5-12/h2-9,18,21-23,35-36,39H,10-11H2,1H3/t18-,21+,22+,23-,24+/m0/s1. The lowest BCUT2D eigenvalue weighted by molar-refractivity contribution is -0.223. The Kier molecular flexibility index (Phi) is 7.81. The van der Waals surface area contributed by atoms with Gasteiger partial charge in [-0.05, 0) is 34.1 Å². The van der Waals surface area contributed by atoms with Crippen LogP contribution >= 0.6 is 28.6 Å². The van der Waals surface area contributed by atoms with Crippen LogP contribution in [-0.2, 0) is 28.7 Å². The number of nitrogens with zero attached hydrogens (tertiary/aromatic N) is 6. The van der Waals surface area contributed by atoms with Crippen molar-refractivity contribution < 1.29 is 32.9 Å². The molecule has 1 saturated heterocycles. The van der Waals surface area contributed by atoms with Crippen LogP contribution < -0.4 is 0 Å². The van der Waals surface area contributed by atoms with Crippen molar-refractivity contribution in [3.63, 3.8) is 0 Å². The highest BCUT2D eigenvalue weighted by Gasteiger charge is 2.60. The molecule has 1 aliphatic heterocycles. The third kappa shape index (κ3) is 4.87. The van der Waals surface area contributed by atoms with Crippen LogP contribution in [0.15, 0.2) is 53.7 Å². The summed E-state index contributed by atoms with van der Waals surface area (Å²) in [5.74, 6) is -3.85. The van der Waals surface area contributed by atoms with Crippen molar-refractivity contribution in [1.29, 1.82) is 0 Å². The number of imidazole rings is 1. The first kappa shape index (κ1) is 27.7. The van der Waals surface area contributed by atoms with Crippen LogP contribution in [0.25, 0.3) is 11.3 Å². The Morgan fingerprint density at radius 2 is 1.95 bits per heavy atom.